The van der Waals surface area contributed by atoms with E-state index in [0.29, 0.717) is 6.92 Å². The normalized spacial score (nSPS) is 11.4. The van der Waals surface area contributed by atoms with Gasteiger partial charge in [0.25, 0.3) is 11.6 Å². The van der Waals surface area contributed by atoms with Gasteiger partial charge in [-0.2, -0.15) is 0 Å². The maximum absolute atomic E-state index is 12.8. The minimum atomic E-state index is -3.07. The van der Waals surface area contributed by atoms with Crippen LogP contribution in [0.1, 0.15) is 12.5 Å². The Kier molecular flexibility index (Phi) is 2.84. The van der Waals surface area contributed by atoms with E-state index in [0.717, 1.165) is 12.1 Å². The number of hydrogen-bond acceptors (Lipinski definition) is 2. The van der Waals surface area contributed by atoms with Gasteiger partial charge in [-0.25, -0.2) is 8.78 Å². The van der Waals surface area contributed by atoms with Crippen LogP contribution < -0.4 is 0 Å². The molecule has 0 radical (unpaired) electrons. The van der Waals surface area contributed by atoms with Crippen molar-refractivity contribution in [1.29, 1.82) is 0 Å². The van der Waals surface area contributed by atoms with Crippen LogP contribution in [0.3, 0.4) is 0 Å². The third-order valence-electron chi connectivity index (χ3n) is 1.60. The summed E-state index contributed by atoms with van der Waals surface area (Å²) in [7, 11) is 0. The summed E-state index contributed by atoms with van der Waals surface area (Å²) in [6.45, 7) is 0.693. The molecule has 1 aromatic rings. The molecule has 0 bridgehead atoms. The molecule has 0 spiro atoms. The summed E-state index contributed by atoms with van der Waals surface area (Å²) in [5.74, 6) is -3.07. The number of nitrogens with zero attached hydrogens (tertiary/aromatic N) is 1. The third-order valence-corrected chi connectivity index (χ3v) is 2.06. The van der Waals surface area contributed by atoms with Crippen molar-refractivity contribution < 1.29 is 13.7 Å². The number of nitro groups is 1. The van der Waals surface area contributed by atoms with Crippen LogP contribution in [0.5, 0.6) is 0 Å². The number of hydrogen-bond donors (Lipinski definition) is 0. The first-order valence-electron chi connectivity index (χ1n) is 3.64. The van der Waals surface area contributed by atoms with Crippen LogP contribution in [0.2, 0.25) is 0 Å². The van der Waals surface area contributed by atoms with Crippen molar-refractivity contribution in [3.63, 3.8) is 0 Å². The first-order valence-corrected chi connectivity index (χ1v) is 4.43. The minimum Gasteiger partial charge on any atom is -0.258 e. The monoisotopic (exact) mass is 265 g/mol. The molecular weight excluding hydrogens is 260 g/mol. The molecular formula is C8H6BrF2NO2. The molecule has 1 aromatic carbocycles. The lowest BCUT2D eigenvalue weighted by atomic mass is 10.1. The average Bonchev–Trinajstić information content (AvgIpc) is 2.01. The Morgan fingerprint density at radius 3 is 2.43 bits per heavy atom. The van der Waals surface area contributed by atoms with Gasteiger partial charge in [0.1, 0.15) is 0 Å². The molecule has 0 saturated carbocycles. The van der Waals surface area contributed by atoms with E-state index in [1.165, 1.54) is 6.07 Å². The van der Waals surface area contributed by atoms with Crippen molar-refractivity contribution in [3.8, 4) is 0 Å². The predicted octanol–water partition coefficient (Wildman–Crippen LogP) is 3.47. The van der Waals surface area contributed by atoms with E-state index in [4.69, 9.17) is 0 Å². The highest BCUT2D eigenvalue weighted by molar-refractivity contribution is 9.10. The van der Waals surface area contributed by atoms with E-state index in [9.17, 15) is 18.9 Å². The number of nitro benzene ring substituents is 1. The standard InChI is InChI=1S/C8H6BrF2NO2/c1-8(10,11)5-2-6(9)4-7(3-5)12(13)14/h2-4H,1H3. The Labute approximate surface area is 87.0 Å². The maximum Gasteiger partial charge on any atom is 0.271 e. The Bertz CT molecular complexity index is 376. The van der Waals surface area contributed by atoms with Gasteiger partial charge in [0.2, 0.25) is 0 Å². The largest absolute Gasteiger partial charge is 0.271 e. The lowest BCUT2D eigenvalue weighted by Gasteiger charge is -2.10. The van der Waals surface area contributed by atoms with E-state index in [-0.39, 0.29) is 15.7 Å². The minimum absolute atomic E-state index is 0.267. The van der Waals surface area contributed by atoms with E-state index in [1.54, 1.807) is 0 Å². The zero-order valence-corrected chi connectivity index (χ0v) is 8.72. The van der Waals surface area contributed by atoms with Crippen molar-refractivity contribution in [2.75, 3.05) is 0 Å². The molecule has 0 aliphatic rings. The smallest absolute Gasteiger partial charge is 0.258 e. The number of alkyl halides is 2. The SMILES string of the molecule is CC(F)(F)c1cc(Br)cc([N+](=O)[O-])c1. The number of halogens is 3. The fourth-order valence-corrected chi connectivity index (χ4v) is 1.41. The fourth-order valence-electron chi connectivity index (χ4n) is 0.933. The second-order valence-electron chi connectivity index (χ2n) is 2.84. The summed E-state index contributed by atoms with van der Waals surface area (Å²) in [4.78, 5) is 9.66. The number of rotatable bonds is 2. The summed E-state index contributed by atoms with van der Waals surface area (Å²) >= 11 is 2.94. The third kappa shape index (κ3) is 2.47. The van der Waals surface area contributed by atoms with E-state index in [2.05, 4.69) is 15.9 Å². The van der Waals surface area contributed by atoms with Gasteiger partial charge in [0.05, 0.1) is 4.92 Å². The quantitative estimate of drug-likeness (QED) is 0.607. The van der Waals surface area contributed by atoms with Gasteiger partial charge in [0, 0.05) is 29.1 Å². The van der Waals surface area contributed by atoms with Gasteiger partial charge < -0.3 is 0 Å². The maximum atomic E-state index is 12.8. The second-order valence-corrected chi connectivity index (χ2v) is 3.76. The Morgan fingerprint density at radius 2 is 2.00 bits per heavy atom. The Hall–Kier alpha value is -1.04. The average molecular weight is 266 g/mol. The molecule has 6 heteroatoms. The van der Waals surface area contributed by atoms with Crippen molar-refractivity contribution in [3.05, 3.63) is 38.3 Å². The first kappa shape index (κ1) is 11.0. The fraction of sp³-hybridized carbons (Fsp3) is 0.250. The highest BCUT2D eigenvalue weighted by atomic mass is 79.9. The summed E-state index contributed by atoms with van der Waals surface area (Å²) < 4.78 is 25.9. The lowest BCUT2D eigenvalue weighted by Crippen LogP contribution is -2.07. The molecule has 0 aliphatic heterocycles. The van der Waals surface area contributed by atoms with Crippen molar-refractivity contribution >= 4 is 21.6 Å². The molecule has 0 unspecified atom stereocenters. The van der Waals surface area contributed by atoms with Gasteiger partial charge in [-0.1, -0.05) is 15.9 Å². The Morgan fingerprint density at radius 1 is 1.43 bits per heavy atom. The molecule has 76 valence electrons. The van der Waals surface area contributed by atoms with Gasteiger partial charge in [0.15, 0.2) is 0 Å². The summed E-state index contributed by atoms with van der Waals surface area (Å²) in [5.41, 5.74) is -0.727. The molecule has 0 fully saturated rings. The molecule has 0 aliphatic carbocycles. The van der Waals surface area contributed by atoms with Crippen LogP contribution in [-0.4, -0.2) is 4.92 Å². The van der Waals surface area contributed by atoms with Crippen molar-refractivity contribution in [1.82, 2.24) is 0 Å². The molecule has 0 saturated heterocycles. The lowest BCUT2D eigenvalue weighted by molar-refractivity contribution is -0.385. The topological polar surface area (TPSA) is 43.1 Å². The highest BCUT2D eigenvalue weighted by Gasteiger charge is 2.26. The molecule has 0 heterocycles. The van der Waals surface area contributed by atoms with E-state index < -0.39 is 10.8 Å². The van der Waals surface area contributed by atoms with Gasteiger partial charge in [-0.3, -0.25) is 10.1 Å². The summed E-state index contributed by atoms with van der Waals surface area (Å²) in [5, 5.41) is 10.4. The van der Waals surface area contributed by atoms with Crippen LogP contribution in [0.25, 0.3) is 0 Å². The van der Waals surface area contributed by atoms with Crippen LogP contribution in [0.4, 0.5) is 14.5 Å². The number of benzene rings is 1. The molecule has 0 N–H and O–H groups in total. The molecule has 3 nitrogen and oxygen atoms in total. The second kappa shape index (κ2) is 3.61. The molecule has 0 aromatic heterocycles. The van der Waals surface area contributed by atoms with Gasteiger partial charge in [-0.05, 0) is 6.07 Å². The zero-order chi connectivity index (χ0) is 10.9. The van der Waals surface area contributed by atoms with E-state index in [1.807, 2.05) is 0 Å². The summed E-state index contributed by atoms with van der Waals surface area (Å²) in [6.07, 6.45) is 0. The molecule has 14 heavy (non-hydrogen) atoms. The van der Waals surface area contributed by atoms with Crippen LogP contribution >= 0.6 is 15.9 Å². The number of non-ortho nitro benzene ring substituents is 1. The van der Waals surface area contributed by atoms with Crippen molar-refractivity contribution in [2.24, 2.45) is 0 Å². The zero-order valence-electron chi connectivity index (χ0n) is 7.13. The summed E-state index contributed by atoms with van der Waals surface area (Å²) in [6, 6.07) is 3.20. The van der Waals surface area contributed by atoms with Gasteiger partial charge >= 0.3 is 0 Å². The first-order chi connectivity index (χ1) is 6.30. The molecule has 0 atom stereocenters. The molecule has 0 amide bonds. The van der Waals surface area contributed by atoms with Crippen molar-refractivity contribution in [2.45, 2.75) is 12.8 Å². The van der Waals surface area contributed by atoms with Crippen LogP contribution in [-0.2, 0) is 5.92 Å². The molecule has 1 rings (SSSR count). The van der Waals surface area contributed by atoms with Crippen LogP contribution in [0, 0.1) is 10.1 Å². The van der Waals surface area contributed by atoms with Gasteiger partial charge in [-0.15, -0.1) is 0 Å². The highest BCUT2D eigenvalue weighted by Crippen LogP contribution is 2.32. The predicted molar refractivity (Wildman–Crippen MR) is 50.4 cm³/mol. The van der Waals surface area contributed by atoms with E-state index >= 15 is 0 Å². The van der Waals surface area contributed by atoms with Crippen LogP contribution in [0.15, 0.2) is 22.7 Å². The Balaban J connectivity index is 3.28.